The third kappa shape index (κ3) is 3.27. The second-order valence-corrected chi connectivity index (χ2v) is 9.48. The monoisotopic (exact) mass is 418 g/mol. The number of benzene rings is 1. The van der Waals surface area contributed by atoms with Crippen LogP contribution in [0.2, 0.25) is 0 Å². The van der Waals surface area contributed by atoms with Crippen LogP contribution < -0.4 is 11.1 Å². The zero-order chi connectivity index (χ0) is 21.8. The highest BCUT2D eigenvalue weighted by Crippen LogP contribution is 2.55. The number of nitrogen functional groups attached to an aromatic ring is 1. The minimum atomic E-state index is -0.637. The number of hydrogen-bond donors (Lipinski definition) is 2. The fourth-order valence-electron chi connectivity index (χ4n) is 6.49. The van der Waals surface area contributed by atoms with Gasteiger partial charge in [-0.3, -0.25) is 4.79 Å². The van der Waals surface area contributed by atoms with Crippen LogP contribution in [0.3, 0.4) is 0 Å². The first-order valence-corrected chi connectivity index (χ1v) is 10.8. The van der Waals surface area contributed by atoms with Gasteiger partial charge in [-0.2, -0.15) is 5.26 Å². The Kier molecular flexibility index (Phi) is 4.54. The van der Waals surface area contributed by atoms with Gasteiger partial charge in [0.15, 0.2) is 5.69 Å². The Balaban J connectivity index is 1.45. The standard InChI is InChI=1S/C24H26N4O3/c1-31-23(30)21-20(26)18(12-25)13-28(21)19-4-2-3-17(8-19)22(29)27-24-9-14-5-15(10-24)7-16(6-14)11-24/h2-4,8,13-16H,5-7,9-11,26H2,1H3,(H,27,29). The lowest BCUT2D eigenvalue weighted by molar-refractivity contribution is -0.0167. The van der Waals surface area contributed by atoms with Crippen molar-refractivity contribution < 1.29 is 14.3 Å². The number of methoxy groups -OCH3 is 1. The van der Waals surface area contributed by atoms with Crippen molar-refractivity contribution in [2.45, 2.75) is 44.1 Å². The lowest BCUT2D eigenvalue weighted by atomic mass is 9.53. The van der Waals surface area contributed by atoms with E-state index in [-0.39, 0.29) is 28.4 Å². The van der Waals surface area contributed by atoms with Crippen molar-refractivity contribution in [1.82, 2.24) is 9.88 Å². The van der Waals surface area contributed by atoms with Crippen molar-refractivity contribution in [3.63, 3.8) is 0 Å². The fourth-order valence-corrected chi connectivity index (χ4v) is 6.49. The summed E-state index contributed by atoms with van der Waals surface area (Å²) in [5.41, 5.74) is 7.35. The van der Waals surface area contributed by atoms with Crippen LogP contribution in [-0.2, 0) is 4.74 Å². The van der Waals surface area contributed by atoms with E-state index in [1.807, 2.05) is 6.07 Å². The lowest BCUT2D eigenvalue weighted by Gasteiger charge is -2.56. The number of anilines is 1. The molecule has 0 atom stereocenters. The number of carbonyl (C=O) groups is 2. The summed E-state index contributed by atoms with van der Waals surface area (Å²) in [6.45, 7) is 0. The number of aromatic nitrogens is 1. The summed E-state index contributed by atoms with van der Waals surface area (Å²) in [5.74, 6) is 1.50. The van der Waals surface area contributed by atoms with Crippen LogP contribution in [0.1, 0.15) is 64.9 Å². The van der Waals surface area contributed by atoms with E-state index in [0.717, 1.165) is 37.0 Å². The lowest BCUT2D eigenvalue weighted by Crippen LogP contribution is -2.59. The molecule has 7 nitrogen and oxygen atoms in total. The summed E-state index contributed by atoms with van der Waals surface area (Å²) in [7, 11) is 1.26. The van der Waals surface area contributed by atoms with E-state index in [1.165, 1.54) is 37.1 Å². The number of carbonyl (C=O) groups excluding carboxylic acids is 2. The second-order valence-electron chi connectivity index (χ2n) is 9.48. The van der Waals surface area contributed by atoms with Crippen LogP contribution >= 0.6 is 0 Å². The number of rotatable bonds is 4. The number of esters is 1. The van der Waals surface area contributed by atoms with Gasteiger partial charge in [0.1, 0.15) is 6.07 Å². The van der Waals surface area contributed by atoms with Gasteiger partial charge in [-0.1, -0.05) is 6.07 Å². The first-order valence-electron chi connectivity index (χ1n) is 10.8. The number of amides is 1. The Morgan fingerprint density at radius 3 is 2.42 bits per heavy atom. The first-order chi connectivity index (χ1) is 14.9. The van der Waals surface area contributed by atoms with E-state index in [9.17, 15) is 14.9 Å². The number of nitrogens with zero attached hydrogens (tertiary/aromatic N) is 2. The zero-order valence-electron chi connectivity index (χ0n) is 17.6. The Hall–Kier alpha value is -3.27. The highest BCUT2D eigenvalue weighted by molar-refractivity contribution is 5.97. The predicted octanol–water partition coefficient (Wildman–Crippen LogP) is 3.42. The van der Waals surface area contributed by atoms with E-state index in [1.54, 1.807) is 24.3 Å². The van der Waals surface area contributed by atoms with E-state index in [0.29, 0.717) is 11.3 Å². The van der Waals surface area contributed by atoms with Crippen LogP contribution in [0.5, 0.6) is 0 Å². The first kappa shape index (κ1) is 19.7. The van der Waals surface area contributed by atoms with Crippen LogP contribution in [0.4, 0.5) is 5.69 Å². The van der Waals surface area contributed by atoms with Crippen molar-refractivity contribution in [2.75, 3.05) is 12.8 Å². The maximum Gasteiger partial charge on any atom is 0.357 e. The summed E-state index contributed by atoms with van der Waals surface area (Å²) in [6, 6.07) is 9.04. The Labute approximate surface area is 181 Å². The van der Waals surface area contributed by atoms with Gasteiger partial charge in [0.2, 0.25) is 0 Å². The number of ether oxygens (including phenoxy) is 1. The Morgan fingerprint density at radius 2 is 1.84 bits per heavy atom. The highest BCUT2D eigenvalue weighted by atomic mass is 16.5. The Bertz CT molecular complexity index is 1080. The number of nitrogens with one attached hydrogen (secondary N) is 1. The molecule has 6 rings (SSSR count). The largest absolute Gasteiger partial charge is 0.464 e. The van der Waals surface area contributed by atoms with Crippen molar-refractivity contribution in [3.8, 4) is 11.8 Å². The minimum Gasteiger partial charge on any atom is -0.464 e. The molecular formula is C24H26N4O3. The van der Waals surface area contributed by atoms with Crippen molar-refractivity contribution in [1.29, 1.82) is 5.26 Å². The number of hydrogen-bond acceptors (Lipinski definition) is 5. The summed E-state index contributed by atoms with van der Waals surface area (Å²) < 4.78 is 6.36. The molecule has 4 aliphatic carbocycles. The molecule has 1 aromatic heterocycles. The molecule has 1 aromatic carbocycles. The molecule has 3 N–H and O–H groups in total. The quantitative estimate of drug-likeness (QED) is 0.739. The Morgan fingerprint density at radius 1 is 1.19 bits per heavy atom. The van der Waals surface area contributed by atoms with Gasteiger partial charge in [-0.25, -0.2) is 4.79 Å². The molecule has 160 valence electrons. The molecule has 0 radical (unpaired) electrons. The third-order valence-electron chi connectivity index (χ3n) is 7.35. The summed E-state index contributed by atoms with van der Waals surface area (Å²) in [6.07, 6.45) is 8.69. The average molecular weight is 418 g/mol. The van der Waals surface area contributed by atoms with Crippen molar-refractivity contribution in [2.24, 2.45) is 17.8 Å². The van der Waals surface area contributed by atoms with E-state index >= 15 is 0 Å². The molecule has 0 aliphatic heterocycles. The van der Waals surface area contributed by atoms with Gasteiger partial charge in [-0.15, -0.1) is 0 Å². The van der Waals surface area contributed by atoms with Gasteiger partial charge in [0.05, 0.1) is 18.4 Å². The molecule has 31 heavy (non-hydrogen) atoms. The zero-order valence-corrected chi connectivity index (χ0v) is 17.6. The van der Waals surface area contributed by atoms with Gasteiger partial charge in [0, 0.05) is 23.0 Å². The minimum absolute atomic E-state index is 0.0674. The SMILES string of the molecule is COC(=O)c1c(N)c(C#N)cn1-c1cccc(C(=O)NC23CC4CC(CC(C4)C2)C3)c1. The molecule has 4 fully saturated rings. The molecule has 1 amide bonds. The molecular weight excluding hydrogens is 392 g/mol. The second kappa shape index (κ2) is 7.16. The molecule has 1 heterocycles. The smallest absolute Gasteiger partial charge is 0.357 e. The molecule has 0 saturated heterocycles. The highest BCUT2D eigenvalue weighted by Gasteiger charge is 2.51. The molecule has 7 heteroatoms. The van der Waals surface area contributed by atoms with Crippen LogP contribution in [-0.4, -0.2) is 29.1 Å². The van der Waals surface area contributed by atoms with Crippen LogP contribution in [0, 0.1) is 29.1 Å². The third-order valence-corrected chi connectivity index (χ3v) is 7.35. The van der Waals surface area contributed by atoms with Gasteiger partial charge < -0.3 is 20.4 Å². The van der Waals surface area contributed by atoms with E-state index < -0.39 is 5.97 Å². The van der Waals surface area contributed by atoms with E-state index in [4.69, 9.17) is 10.5 Å². The number of nitrogens with two attached hydrogens (primary N) is 1. The molecule has 2 aromatic rings. The normalized spacial score (nSPS) is 28.2. The topological polar surface area (TPSA) is 110 Å². The fraction of sp³-hybridized carbons (Fsp3) is 0.458. The number of nitriles is 1. The summed E-state index contributed by atoms with van der Waals surface area (Å²) in [5, 5.41) is 12.7. The van der Waals surface area contributed by atoms with Crippen LogP contribution in [0.15, 0.2) is 30.5 Å². The van der Waals surface area contributed by atoms with Crippen molar-refractivity contribution in [3.05, 3.63) is 47.3 Å². The predicted molar refractivity (Wildman–Crippen MR) is 115 cm³/mol. The summed E-state index contributed by atoms with van der Waals surface area (Å²) in [4.78, 5) is 25.5. The van der Waals surface area contributed by atoms with Crippen LogP contribution in [0.25, 0.3) is 5.69 Å². The van der Waals surface area contributed by atoms with Gasteiger partial charge in [-0.05, 0) is 74.5 Å². The molecule has 4 aliphatic rings. The van der Waals surface area contributed by atoms with Crippen molar-refractivity contribution >= 4 is 17.6 Å². The maximum atomic E-state index is 13.2. The van der Waals surface area contributed by atoms with Gasteiger partial charge in [0.25, 0.3) is 5.91 Å². The van der Waals surface area contributed by atoms with Gasteiger partial charge >= 0.3 is 5.97 Å². The maximum absolute atomic E-state index is 13.2. The molecule has 0 spiro atoms. The summed E-state index contributed by atoms with van der Waals surface area (Å²) >= 11 is 0. The molecule has 0 unspecified atom stereocenters. The molecule has 4 bridgehead atoms. The van der Waals surface area contributed by atoms with E-state index in [2.05, 4.69) is 5.32 Å². The molecule has 4 saturated carbocycles. The average Bonchev–Trinajstić information content (AvgIpc) is 3.08.